The van der Waals surface area contributed by atoms with Gasteiger partial charge in [0.15, 0.2) is 0 Å². The first kappa shape index (κ1) is 10.7. The Hall–Kier alpha value is -0.840. The topological polar surface area (TPSA) is 29.9 Å². The molecule has 0 aliphatic heterocycles. The standard InChI is InChI=1S/C10H12ClN3S/c1-12-6-8-4-5-14(13-8)7-9-2-3-10(11)15-9/h2-5,12H,6-7H2,1H3. The Labute approximate surface area is 97.7 Å². The number of aromatic nitrogens is 2. The van der Waals surface area contributed by atoms with Crippen LogP contribution in [0.15, 0.2) is 24.4 Å². The minimum atomic E-state index is 0.793. The van der Waals surface area contributed by atoms with Crippen LogP contribution in [0.25, 0.3) is 0 Å². The number of hydrogen-bond donors (Lipinski definition) is 1. The highest BCUT2D eigenvalue weighted by Gasteiger charge is 2.01. The lowest BCUT2D eigenvalue weighted by molar-refractivity contribution is 0.664. The van der Waals surface area contributed by atoms with Gasteiger partial charge < -0.3 is 5.32 Å². The van der Waals surface area contributed by atoms with E-state index >= 15 is 0 Å². The molecule has 2 rings (SSSR count). The molecule has 0 saturated carbocycles. The third kappa shape index (κ3) is 2.81. The minimum absolute atomic E-state index is 0.793. The lowest BCUT2D eigenvalue weighted by atomic mass is 10.4. The van der Waals surface area contributed by atoms with Crippen LogP contribution in [0.3, 0.4) is 0 Å². The summed E-state index contributed by atoms with van der Waals surface area (Å²) in [6, 6.07) is 5.97. The maximum absolute atomic E-state index is 5.86. The summed E-state index contributed by atoms with van der Waals surface area (Å²) in [4.78, 5) is 1.22. The van der Waals surface area contributed by atoms with E-state index in [2.05, 4.69) is 10.4 Å². The first-order valence-corrected chi connectivity index (χ1v) is 5.88. The van der Waals surface area contributed by atoms with E-state index in [0.717, 1.165) is 23.1 Å². The van der Waals surface area contributed by atoms with Gasteiger partial charge in [0.25, 0.3) is 0 Å². The Morgan fingerprint density at radius 3 is 3.00 bits per heavy atom. The monoisotopic (exact) mass is 241 g/mol. The molecule has 80 valence electrons. The molecule has 1 N–H and O–H groups in total. The lowest BCUT2D eigenvalue weighted by Crippen LogP contribution is -2.07. The van der Waals surface area contributed by atoms with Crippen molar-refractivity contribution < 1.29 is 0 Å². The second-order valence-electron chi connectivity index (χ2n) is 3.24. The summed E-state index contributed by atoms with van der Waals surface area (Å²) < 4.78 is 2.75. The number of halogens is 1. The number of hydrogen-bond acceptors (Lipinski definition) is 3. The molecule has 0 bridgehead atoms. The van der Waals surface area contributed by atoms with Crippen LogP contribution in [0, 0.1) is 0 Å². The van der Waals surface area contributed by atoms with Crippen molar-refractivity contribution in [2.75, 3.05) is 7.05 Å². The molecule has 0 spiro atoms. The van der Waals surface area contributed by atoms with Crippen molar-refractivity contribution in [3.63, 3.8) is 0 Å². The summed E-state index contributed by atoms with van der Waals surface area (Å²) in [6.45, 7) is 1.60. The first-order chi connectivity index (χ1) is 7.28. The lowest BCUT2D eigenvalue weighted by Gasteiger charge is -1.97. The molecule has 0 amide bonds. The van der Waals surface area contributed by atoms with Gasteiger partial charge in [-0.05, 0) is 25.2 Å². The van der Waals surface area contributed by atoms with Crippen molar-refractivity contribution in [3.05, 3.63) is 39.3 Å². The molecule has 0 radical (unpaired) electrons. The molecule has 2 heterocycles. The Kier molecular flexibility index (Phi) is 3.41. The predicted molar refractivity (Wildman–Crippen MR) is 63.4 cm³/mol. The van der Waals surface area contributed by atoms with Crippen LogP contribution >= 0.6 is 22.9 Å². The molecule has 2 aromatic rings. The van der Waals surface area contributed by atoms with Crippen molar-refractivity contribution in [2.24, 2.45) is 0 Å². The Balaban J connectivity index is 2.04. The van der Waals surface area contributed by atoms with Gasteiger partial charge in [0.1, 0.15) is 0 Å². The SMILES string of the molecule is CNCc1ccn(Cc2ccc(Cl)s2)n1. The molecule has 0 fully saturated rings. The maximum Gasteiger partial charge on any atom is 0.0931 e. The van der Waals surface area contributed by atoms with Gasteiger partial charge in [-0.25, -0.2) is 0 Å². The largest absolute Gasteiger partial charge is 0.314 e. The number of thiophene rings is 1. The van der Waals surface area contributed by atoms with Crippen molar-refractivity contribution in [3.8, 4) is 0 Å². The van der Waals surface area contributed by atoms with E-state index in [9.17, 15) is 0 Å². The third-order valence-electron chi connectivity index (χ3n) is 2.00. The van der Waals surface area contributed by atoms with Crippen LogP contribution in [0.4, 0.5) is 0 Å². The number of nitrogens with zero attached hydrogens (tertiary/aromatic N) is 2. The molecule has 0 aliphatic rings. The molecular formula is C10H12ClN3S. The average molecular weight is 242 g/mol. The van der Waals surface area contributed by atoms with Crippen molar-refractivity contribution >= 4 is 22.9 Å². The van der Waals surface area contributed by atoms with E-state index in [1.54, 1.807) is 11.3 Å². The molecule has 0 aromatic carbocycles. The van der Waals surface area contributed by atoms with Gasteiger partial charge >= 0.3 is 0 Å². The third-order valence-corrected chi connectivity index (χ3v) is 3.22. The molecule has 0 saturated heterocycles. The van der Waals surface area contributed by atoms with Crippen molar-refractivity contribution in [1.82, 2.24) is 15.1 Å². The summed E-state index contributed by atoms with van der Waals surface area (Å²) >= 11 is 7.45. The second kappa shape index (κ2) is 4.79. The van der Waals surface area contributed by atoms with E-state index in [1.165, 1.54) is 4.88 Å². The smallest absolute Gasteiger partial charge is 0.0931 e. The summed E-state index contributed by atoms with van der Waals surface area (Å²) in [5.74, 6) is 0. The normalized spacial score (nSPS) is 10.8. The van der Waals surface area contributed by atoms with Crippen LogP contribution in [0.1, 0.15) is 10.6 Å². The van der Waals surface area contributed by atoms with Crippen LogP contribution in [0.5, 0.6) is 0 Å². The highest BCUT2D eigenvalue weighted by atomic mass is 35.5. The molecule has 15 heavy (non-hydrogen) atoms. The van der Waals surface area contributed by atoms with E-state index < -0.39 is 0 Å². The highest BCUT2D eigenvalue weighted by molar-refractivity contribution is 7.16. The van der Waals surface area contributed by atoms with Gasteiger partial charge in [0.05, 0.1) is 16.6 Å². The number of rotatable bonds is 4. The molecule has 0 aliphatic carbocycles. The molecule has 5 heteroatoms. The summed E-state index contributed by atoms with van der Waals surface area (Å²) in [7, 11) is 1.91. The zero-order chi connectivity index (χ0) is 10.7. The predicted octanol–water partition coefficient (Wildman–Crippen LogP) is 2.37. The fourth-order valence-electron chi connectivity index (χ4n) is 1.36. The summed E-state index contributed by atoms with van der Waals surface area (Å²) in [5.41, 5.74) is 1.06. The van der Waals surface area contributed by atoms with E-state index in [4.69, 9.17) is 11.6 Å². The van der Waals surface area contributed by atoms with Crippen molar-refractivity contribution in [2.45, 2.75) is 13.1 Å². The molecule has 3 nitrogen and oxygen atoms in total. The van der Waals surface area contributed by atoms with Crippen LogP contribution in [-0.2, 0) is 13.1 Å². The fourth-order valence-corrected chi connectivity index (χ4v) is 2.44. The fraction of sp³-hybridized carbons (Fsp3) is 0.300. The van der Waals surface area contributed by atoms with Crippen LogP contribution < -0.4 is 5.32 Å². The van der Waals surface area contributed by atoms with E-state index in [1.807, 2.05) is 36.1 Å². The summed E-state index contributed by atoms with van der Waals surface area (Å²) in [6.07, 6.45) is 1.99. The van der Waals surface area contributed by atoms with Gasteiger partial charge in [-0.3, -0.25) is 4.68 Å². The van der Waals surface area contributed by atoms with Gasteiger partial charge in [-0.2, -0.15) is 5.10 Å². The van der Waals surface area contributed by atoms with Gasteiger partial charge in [-0.1, -0.05) is 11.6 Å². The molecule has 0 unspecified atom stereocenters. The Morgan fingerprint density at radius 1 is 1.47 bits per heavy atom. The minimum Gasteiger partial charge on any atom is -0.314 e. The zero-order valence-electron chi connectivity index (χ0n) is 8.40. The van der Waals surface area contributed by atoms with E-state index in [-0.39, 0.29) is 0 Å². The van der Waals surface area contributed by atoms with E-state index in [0.29, 0.717) is 0 Å². The zero-order valence-corrected chi connectivity index (χ0v) is 9.98. The molecule has 2 aromatic heterocycles. The van der Waals surface area contributed by atoms with Gasteiger partial charge in [0.2, 0.25) is 0 Å². The Morgan fingerprint density at radius 2 is 2.33 bits per heavy atom. The van der Waals surface area contributed by atoms with Gasteiger partial charge in [-0.15, -0.1) is 11.3 Å². The first-order valence-electron chi connectivity index (χ1n) is 4.69. The summed E-state index contributed by atoms with van der Waals surface area (Å²) in [5, 5.41) is 7.49. The van der Waals surface area contributed by atoms with Crippen molar-refractivity contribution in [1.29, 1.82) is 0 Å². The molecular weight excluding hydrogens is 230 g/mol. The quantitative estimate of drug-likeness (QED) is 0.891. The molecule has 0 atom stereocenters. The second-order valence-corrected chi connectivity index (χ2v) is 5.04. The maximum atomic E-state index is 5.86. The number of nitrogens with one attached hydrogen (secondary N) is 1. The van der Waals surface area contributed by atoms with Crippen LogP contribution in [0.2, 0.25) is 4.34 Å². The highest BCUT2D eigenvalue weighted by Crippen LogP contribution is 2.21. The Bertz CT molecular complexity index is 435. The average Bonchev–Trinajstić information content (AvgIpc) is 2.78. The van der Waals surface area contributed by atoms with Gasteiger partial charge in [0, 0.05) is 17.6 Å². The van der Waals surface area contributed by atoms with Crippen LogP contribution in [-0.4, -0.2) is 16.8 Å².